The summed E-state index contributed by atoms with van der Waals surface area (Å²) in [4.78, 5) is 0. The number of hydrogen-bond acceptors (Lipinski definition) is 1. The van der Waals surface area contributed by atoms with Crippen LogP contribution in [0.2, 0.25) is 0 Å². The van der Waals surface area contributed by atoms with Gasteiger partial charge in [0, 0.05) is 12.1 Å². The lowest BCUT2D eigenvalue weighted by Gasteiger charge is -2.12. The predicted octanol–water partition coefficient (Wildman–Crippen LogP) is 4.54. The van der Waals surface area contributed by atoms with E-state index in [1.54, 1.807) is 26.1 Å². The van der Waals surface area contributed by atoms with Crippen molar-refractivity contribution < 1.29 is 17.6 Å². The molecule has 0 fully saturated rings. The third-order valence-corrected chi connectivity index (χ3v) is 3.29. The average molecular weight is 297 g/mol. The first-order valence-electron chi connectivity index (χ1n) is 6.44. The molecule has 0 saturated heterocycles. The minimum Gasteiger partial charge on any atom is -0.316 e. The fourth-order valence-electron chi connectivity index (χ4n) is 2.21. The lowest BCUT2D eigenvalue weighted by atomic mass is 9.97. The number of benzene rings is 2. The SMILES string of the molecule is CNCc1ccc(-c2ccc(C(F)(F)F)cc2C)cc1F. The molecule has 0 aliphatic carbocycles. The first-order valence-corrected chi connectivity index (χ1v) is 6.44. The molecule has 0 unspecified atom stereocenters. The molecule has 0 aliphatic heterocycles. The minimum absolute atomic E-state index is 0.374. The van der Waals surface area contributed by atoms with Gasteiger partial charge in [0.1, 0.15) is 5.82 Å². The number of aryl methyl sites for hydroxylation is 1. The van der Waals surface area contributed by atoms with E-state index in [-0.39, 0.29) is 5.82 Å². The molecule has 0 aromatic heterocycles. The van der Waals surface area contributed by atoms with Crippen LogP contribution in [-0.4, -0.2) is 7.05 Å². The fourth-order valence-corrected chi connectivity index (χ4v) is 2.21. The Kier molecular flexibility index (Phi) is 4.32. The van der Waals surface area contributed by atoms with Crippen molar-refractivity contribution in [1.82, 2.24) is 5.32 Å². The van der Waals surface area contributed by atoms with Crippen molar-refractivity contribution in [2.75, 3.05) is 7.05 Å². The Morgan fingerprint density at radius 1 is 1.05 bits per heavy atom. The Balaban J connectivity index is 2.41. The van der Waals surface area contributed by atoms with Gasteiger partial charge in [-0.2, -0.15) is 13.2 Å². The summed E-state index contributed by atoms with van der Waals surface area (Å²) in [5, 5.41) is 2.85. The van der Waals surface area contributed by atoms with Crippen molar-refractivity contribution >= 4 is 0 Å². The maximum atomic E-state index is 13.9. The van der Waals surface area contributed by atoms with E-state index in [9.17, 15) is 17.6 Å². The Hall–Kier alpha value is -1.88. The van der Waals surface area contributed by atoms with Crippen molar-refractivity contribution in [3.63, 3.8) is 0 Å². The summed E-state index contributed by atoms with van der Waals surface area (Å²) in [6.45, 7) is 1.99. The molecule has 2 aromatic rings. The second-order valence-electron chi connectivity index (χ2n) is 4.86. The van der Waals surface area contributed by atoms with Crippen LogP contribution in [0.5, 0.6) is 0 Å². The first-order chi connectivity index (χ1) is 9.82. The minimum atomic E-state index is -4.37. The van der Waals surface area contributed by atoms with E-state index in [0.717, 1.165) is 12.1 Å². The highest BCUT2D eigenvalue weighted by molar-refractivity contribution is 5.68. The monoisotopic (exact) mass is 297 g/mol. The van der Waals surface area contributed by atoms with Gasteiger partial charge in [-0.05, 0) is 48.9 Å². The van der Waals surface area contributed by atoms with Gasteiger partial charge in [0.2, 0.25) is 0 Å². The maximum Gasteiger partial charge on any atom is 0.416 e. The van der Waals surface area contributed by atoms with E-state index >= 15 is 0 Å². The summed E-state index contributed by atoms with van der Waals surface area (Å²) in [5.74, 6) is -0.374. The summed E-state index contributed by atoms with van der Waals surface area (Å²) in [7, 11) is 1.72. The number of alkyl halides is 3. The third kappa shape index (κ3) is 3.42. The van der Waals surface area contributed by atoms with Crippen LogP contribution in [-0.2, 0) is 12.7 Å². The highest BCUT2D eigenvalue weighted by Crippen LogP contribution is 2.33. The molecule has 0 heterocycles. The average Bonchev–Trinajstić information content (AvgIpc) is 2.40. The molecule has 0 aliphatic rings. The van der Waals surface area contributed by atoms with Crippen LogP contribution in [0.25, 0.3) is 11.1 Å². The van der Waals surface area contributed by atoms with Crippen molar-refractivity contribution in [1.29, 1.82) is 0 Å². The van der Waals surface area contributed by atoms with Crippen LogP contribution in [0.3, 0.4) is 0 Å². The van der Waals surface area contributed by atoms with Gasteiger partial charge in [0.25, 0.3) is 0 Å². The summed E-state index contributed by atoms with van der Waals surface area (Å²) >= 11 is 0. The Labute approximate surface area is 120 Å². The molecule has 21 heavy (non-hydrogen) atoms. The topological polar surface area (TPSA) is 12.0 Å². The van der Waals surface area contributed by atoms with Crippen molar-refractivity contribution in [3.05, 3.63) is 58.9 Å². The van der Waals surface area contributed by atoms with Crippen LogP contribution in [0.1, 0.15) is 16.7 Å². The number of hydrogen-bond donors (Lipinski definition) is 1. The largest absolute Gasteiger partial charge is 0.416 e. The Morgan fingerprint density at radius 3 is 2.29 bits per heavy atom. The molecule has 0 radical (unpaired) electrons. The lowest BCUT2D eigenvalue weighted by molar-refractivity contribution is -0.137. The summed E-state index contributed by atoms with van der Waals surface area (Å²) in [6.07, 6.45) is -4.37. The second-order valence-corrected chi connectivity index (χ2v) is 4.86. The van der Waals surface area contributed by atoms with E-state index < -0.39 is 11.7 Å². The first kappa shape index (κ1) is 15.5. The van der Waals surface area contributed by atoms with Crippen molar-refractivity contribution in [2.24, 2.45) is 0 Å². The molecule has 1 nitrogen and oxygen atoms in total. The van der Waals surface area contributed by atoms with Gasteiger partial charge in [-0.3, -0.25) is 0 Å². The quantitative estimate of drug-likeness (QED) is 0.820. The molecule has 0 saturated carbocycles. The smallest absolute Gasteiger partial charge is 0.316 e. The molecule has 0 atom stereocenters. The van der Waals surface area contributed by atoms with Crippen LogP contribution in [0.15, 0.2) is 36.4 Å². The molecule has 2 aromatic carbocycles. The molecular formula is C16H15F4N. The van der Waals surface area contributed by atoms with Gasteiger partial charge in [0.05, 0.1) is 5.56 Å². The van der Waals surface area contributed by atoms with E-state index in [2.05, 4.69) is 5.32 Å². The molecule has 0 spiro atoms. The molecule has 112 valence electrons. The van der Waals surface area contributed by atoms with Crippen molar-refractivity contribution in [3.8, 4) is 11.1 Å². The van der Waals surface area contributed by atoms with E-state index in [0.29, 0.717) is 28.8 Å². The Morgan fingerprint density at radius 2 is 1.76 bits per heavy atom. The predicted molar refractivity (Wildman–Crippen MR) is 74.3 cm³/mol. The zero-order valence-electron chi connectivity index (χ0n) is 11.7. The van der Waals surface area contributed by atoms with Crippen molar-refractivity contribution in [2.45, 2.75) is 19.6 Å². The standard InChI is InChI=1S/C16H15F4N/c1-10-7-13(16(18,19)20)5-6-14(10)11-3-4-12(9-21-2)15(17)8-11/h3-8,21H,9H2,1-2H3. The Bertz CT molecular complexity index is 647. The molecule has 2 rings (SSSR count). The van der Waals surface area contributed by atoms with Crippen LogP contribution in [0, 0.1) is 12.7 Å². The molecule has 1 N–H and O–H groups in total. The van der Waals surface area contributed by atoms with Crippen LogP contribution < -0.4 is 5.32 Å². The number of halogens is 4. The summed E-state index contributed by atoms with van der Waals surface area (Å²) in [5.41, 5.74) is 1.45. The highest BCUT2D eigenvalue weighted by Gasteiger charge is 2.30. The van der Waals surface area contributed by atoms with Gasteiger partial charge in [-0.1, -0.05) is 18.2 Å². The zero-order valence-corrected chi connectivity index (χ0v) is 11.7. The second kappa shape index (κ2) is 5.85. The third-order valence-electron chi connectivity index (χ3n) is 3.29. The number of nitrogens with one attached hydrogen (secondary N) is 1. The molecule has 0 amide bonds. The normalized spacial score (nSPS) is 11.7. The fraction of sp³-hybridized carbons (Fsp3) is 0.250. The number of rotatable bonds is 3. The van der Waals surface area contributed by atoms with Gasteiger partial charge in [-0.15, -0.1) is 0 Å². The highest BCUT2D eigenvalue weighted by atomic mass is 19.4. The van der Waals surface area contributed by atoms with Gasteiger partial charge >= 0.3 is 6.18 Å². The lowest BCUT2D eigenvalue weighted by Crippen LogP contribution is -2.07. The maximum absolute atomic E-state index is 13.9. The summed E-state index contributed by atoms with van der Waals surface area (Å²) in [6, 6.07) is 8.17. The molecular weight excluding hydrogens is 282 g/mol. The van der Waals surface area contributed by atoms with Crippen LogP contribution in [0.4, 0.5) is 17.6 Å². The van der Waals surface area contributed by atoms with Crippen LogP contribution >= 0.6 is 0 Å². The zero-order chi connectivity index (χ0) is 15.6. The van der Waals surface area contributed by atoms with Gasteiger partial charge < -0.3 is 5.32 Å². The van der Waals surface area contributed by atoms with E-state index in [4.69, 9.17) is 0 Å². The van der Waals surface area contributed by atoms with E-state index in [1.165, 1.54) is 12.1 Å². The molecule has 5 heteroatoms. The van der Waals surface area contributed by atoms with E-state index in [1.807, 2.05) is 0 Å². The van der Waals surface area contributed by atoms with Gasteiger partial charge in [0.15, 0.2) is 0 Å². The van der Waals surface area contributed by atoms with Gasteiger partial charge in [-0.25, -0.2) is 4.39 Å². The summed E-state index contributed by atoms with van der Waals surface area (Å²) < 4.78 is 51.8. The molecule has 0 bridgehead atoms.